The summed E-state index contributed by atoms with van der Waals surface area (Å²) in [6.45, 7) is 2.03. The van der Waals surface area contributed by atoms with Gasteiger partial charge in [0.2, 0.25) is 0 Å². The van der Waals surface area contributed by atoms with Crippen LogP contribution in [0.1, 0.15) is 5.69 Å². The molecule has 0 spiro atoms. The van der Waals surface area contributed by atoms with E-state index in [2.05, 4.69) is 22.7 Å². The smallest absolute Gasteiger partial charge is 0.0757 e. The van der Waals surface area contributed by atoms with Crippen molar-refractivity contribution in [3.63, 3.8) is 0 Å². The Morgan fingerprint density at radius 1 is 1.29 bits per heavy atom. The lowest BCUT2D eigenvalue weighted by Gasteiger charge is -1.98. The Labute approximate surface area is 81.3 Å². The van der Waals surface area contributed by atoms with Crippen LogP contribution in [0.3, 0.4) is 0 Å². The minimum atomic E-state index is 1.09. The second-order valence-electron chi connectivity index (χ2n) is 3.57. The number of fused-ring (bicyclic) bond motifs is 3. The lowest BCUT2D eigenvalue weighted by molar-refractivity contribution is 0.962. The monoisotopic (exact) mass is 185 g/mol. The van der Waals surface area contributed by atoms with Gasteiger partial charge in [0.15, 0.2) is 0 Å². The van der Waals surface area contributed by atoms with E-state index >= 15 is 0 Å². The molecule has 0 atom stereocenters. The summed E-state index contributed by atoms with van der Waals surface area (Å²) in [5.74, 6) is 5.79. The van der Waals surface area contributed by atoms with Crippen molar-refractivity contribution in [2.75, 3.05) is 5.84 Å². The summed E-state index contributed by atoms with van der Waals surface area (Å²) in [6.07, 6.45) is 4.02. The average Bonchev–Trinajstić information content (AvgIpc) is 2.65. The molecule has 0 radical (unpaired) electrons. The number of aromatic nitrogens is 2. The summed E-state index contributed by atoms with van der Waals surface area (Å²) in [5.41, 5.74) is 3.50. The quantitative estimate of drug-likeness (QED) is 0.533. The van der Waals surface area contributed by atoms with Crippen LogP contribution in [0.4, 0.5) is 0 Å². The molecule has 0 aromatic carbocycles. The number of hydrogen-bond donors (Lipinski definition) is 1. The van der Waals surface area contributed by atoms with Crippen molar-refractivity contribution < 1.29 is 0 Å². The van der Waals surface area contributed by atoms with Gasteiger partial charge < -0.3 is 10.2 Å². The van der Waals surface area contributed by atoms with E-state index < -0.39 is 0 Å². The molecule has 0 aliphatic carbocycles. The second-order valence-corrected chi connectivity index (χ2v) is 3.57. The van der Waals surface area contributed by atoms with Gasteiger partial charge in [-0.1, -0.05) is 6.07 Å². The summed E-state index contributed by atoms with van der Waals surface area (Å²) in [7, 11) is 0. The van der Waals surface area contributed by atoms with Gasteiger partial charge in [0.25, 0.3) is 0 Å². The molecule has 0 saturated carbocycles. The first-order valence-electron chi connectivity index (χ1n) is 4.60. The van der Waals surface area contributed by atoms with Crippen molar-refractivity contribution >= 4 is 16.4 Å². The third kappa shape index (κ3) is 0.763. The minimum absolute atomic E-state index is 1.09. The molecular weight excluding hydrogens is 174 g/mol. The van der Waals surface area contributed by atoms with E-state index in [1.54, 1.807) is 4.68 Å². The Kier molecular flexibility index (Phi) is 1.24. The number of nitrogens with two attached hydrogens (primary N) is 1. The normalized spacial score (nSPS) is 11.5. The molecule has 0 aliphatic heterocycles. The number of aryl methyl sites for hydroxylation is 1. The van der Waals surface area contributed by atoms with Crippen LogP contribution in [-0.4, -0.2) is 9.08 Å². The Morgan fingerprint density at radius 2 is 2.14 bits per heavy atom. The van der Waals surface area contributed by atoms with Crippen molar-refractivity contribution in [2.45, 2.75) is 6.92 Å². The standard InChI is InChI=1S/C11H11N3/c1-8-11-9(7-14(8)12)6-10-4-2-3-5-13(10)11/h2-7H,12H2,1H3. The van der Waals surface area contributed by atoms with Crippen LogP contribution < -0.4 is 5.84 Å². The van der Waals surface area contributed by atoms with Crippen LogP contribution in [-0.2, 0) is 0 Å². The number of nitrogen functional groups attached to an aromatic ring is 1. The molecule has 3 aromatic rings. The van der Waals surface area contributed by atoms with E-state index in [-0.39, 0.29) is 0 Å². The van der Waals surface area contributed by atoms with Gasteiger partial charge in [0.1, 0.15) is 0 Å². The van der Waals surface area contributed by atoms with E-state index in [1.807, 2.05) is 25.3 Å². The number of hydrogen-bond acceptors (Lipinski definition) is 1. The zero-order chi connectivity index (χ0) is 9.71. The number of pyridine rings is 1. The Balaban J connectivity index is 2.62. The van der Waals surface area contributed by atoms with Crippen molar-refractivity contribution in [3.8, 4) is 0 Å². The molecule has 0 aliphatic rings. The van der Waals surface area contributed by atoms with E-state index in [0.717, 1.165) is 5.69 Å². The lowest BCUT2D eigenvalue weighted by Crippen LogP contribution is -2.07. The molecule has 3 heterocycles. The maximum atomic E-state index is 5.79. The molecule has 14 heavy (non-hydrogen) atoms. The Bertz CT molecular complexity index is 616. The van der Waals surface area contributed by atoms with Gasteiger partial charge in [-0.15, -0.1) is 0 Å². The highest BCUT2D eigenvalue weighted by Gasteiger charge is 2.08. The fourth-order valence-electron chi connectivity index (χ4n) is 1.99. The zero-order valence-corrected chi connectivity index (χ0v) is 7.94. The largest absolute Gasteiger partial charge is 0.339 e. The lowest BCUT2D eigenvalue weighted by atomic mass is 10.3. The first-order valence-corrected chi connectivity index (χ1v) is 4.60. The Morgan fingerprint density at radius 3 is 3.00 bits per heavy atom. The predicted molar refractivity (Wildman–Crippen MR) is 57.8 cm³/mol. The van der Waals surface area contributed by atoms with Gasteiger partial charge in [-0.3, -0.25) is 4.68 Å². The second kappa shape index (κ2) is 2.32. The van der Waals surface area contributed by atoms with Crippen LogP contribution in [0.15, 0.2) is 36.7 Å². The first kappa shape index (κ1) is 7.50. The van der Waals surface area contributed by atoms with Crippen molar-refractivity contribution in [3.05, 3.63) is 42.4 Å². The molecular formula is C11H11N3. The fourth-order valence-corrected chi connectivity index (χ4v) is 1.99. The van der Waals surface area contributed by atoms with Crippen LogP contribution in [0.5, 0.6) is 0 Å². The summed E-state index contributed by atoms with van der Waals surface area (Å²) in [6, 6.07) is 8.31. The van der Waals surface area contributed by atoms with E-state index in [0.29, 0.717) is 0 Å². The van der Waals surface area contributed by atoms with Gasteiger partial charge >= 0.3 is 0 Å². The molecule has 0 amide bonds. The van der Waals surface area contributed by atoms with Crippen LogP contribution >= 0.6 is 0 Å². The third-order valence-electron chi connectivity index (χ3n) is 2.72. The maximum absolute atomic E-state index is 5.79. The molecule has 0 bridgehead atoms. The maximum Gasteiger partial charge on any atom is 0.0757 e. The van der Waals surface area contributed by atoms with Crippen molar-refractivity contribution in [2.24, 2.45) is 0 Å². The topological polar surface area (TPSA) is 35.4 Å². The molecule has 0 saturated heterocycles. The molecule has 3 aromatic heterocycles. The highest BCUT2D eigenvalue weighted by molar-refractivity contribution is 5.89. The highest BCUT2D eigenvalue weighted by Crippen LogP contribution is 2.23. The molecule has 70 valence electrons. The SMILES string of the molecule is Cc1c2c(cc3ccccn32)cn1N. The van der Waals surface area contributed by atoms with E-state index in [1.165, 1.54) is 16.4 Å². The summed E-state index contributed by atoms with van der Waals surface area (Å²) >= 11 is 0. The molecule has 3 rings (SSSR count). The average molecular weight is 185 g/mol. The summed E-state index contributed by atoms with van der Waals surface area (Å²) < 4.78 is 3.83. The van der Waals surface area contributed by atoms with Crippen molar-refractivity contribution in [1.82, 2.24) is 9.08 Å². The van der Waals surface area contributed by atoms with Crippen LogP contribution in [0.2, 0.25) is 0 Å². The van der Waals surface area contributed by atoms with E-state index in [9.17, 15) is 0 Å². The summed E-state index contributed by atoms with van der Waals surface area (Å²) in [4.78, 5) is 0. The highest BCUT2D eigenvalue weighted by atomic mass is 15.3. The van der Waals surface area contributed by atoms with Gasteiger partial charge in [-0.2, -0.15) is 0 Å². The fraction of sp³-hybridized carbons (Fsp3) is 0.0909. The molecule has 0 unspecified atom stereocenters. The third-order valence-corrected chi connectivity index (χ3v) is 2.72. The number of rotatable bonds is 0. The van der Waals surface area contributed by atoms with Crippen LogP contribution in [0.25, 0.3) is 16.4 Å². The van der Waals surface area contributed by atoms with Crippen LogP contribution in [0, 0.1) is 6.92 Å². The minimum Gasteiger partial charge on any atom is -0.339 e. The van der Waals surface area contributed by atoms with Gasteiger partial charge in [-0.05, 0) is 25.1 Å². The van der Waals surface area contributed by atoms with Gasteiger partial charge in [0.05, 0.1) is 11.2 Å². The molecule has 3 nitrogen and oxygen atoms in total. The molecule has 0 fully saturated rings. The van der Waals surface area contributed by atoms with Gasteiger partial charge in [-0.25, -0.2) is 0 Å². The van der Waals surface area contributed by atoms with E-state index in [4.69, 9.17) is 5.84 Å². The van der Waals surface area contributed by atoms with Gasteiger partial charge in [0, 0.05) is 23.3 Å². The molecule has 2 N–H and O–H groups in total. The number of nitrogens with zero attached hydrogens (tertiary/aromatic N) is 2. The predicted octanol–water partition coefficient (Wildman–Crippen LogP) is 1.92. The summed E-state index contributed by atoms with van der Waals surface area (Å²) in [5, 5.41) is 1.19. The Hall–Kier alpha value is -1.90. The molecule has 3 heteroatoms. The van der Waals surface area contributed by atoms with Crippen molar-refractivity contribution in [1.29, 1.82) is 0 Å². The first-order chi connectivity index (χ1) is 6.77. The zero-order valence-electron chi connectivity index (χ0n) is 7.94.